The van der Waals surface area contributed by atoms with Gasteiger partial charge in [-0.2, -0.15) is 0 Å². The van der Waals surface area contributed by atoms with Gasteiger partial charge in [-0.05, 0) is 50.3 Å². The molecule has 0 unspecified atom stereocenters. The van der Waals surface area contributed by atoms with Gasteiger partial charge >= 0.3 is 0 Å². The third-order valence-electron chi connectivity index (χ3n) is 6.11. The van der Waals surface area contributed by atoms with Gasteiger partial charge in [0.15, 0.2) is 11.6 Å². The number of benzene rings is 1. The van der Waals surface area contributed by atoms with Crippen molar-refractivity contribution in [2.75, 3.05) is 26.2 Å². The van der Waals surface area contributed by atoms with Crippen molar-refractivity contribution in [3.63, 3.8) is 0 Å². The smallest absolute Gasteiger partial charge is 0.276 e. The number of amides is 1. The summed E-state index contributed by atoms with van der Waals surface area (Å²) in [6, 6.07) is 6.67. The van der Waals surface area contributed by atoms with Gasteiger partial charge in [-0.25, -0.2) is 4.98 Å². The SMILES string of the molecule is Cc1ccc(CN2CCN(C(=O)c3nc(C4CCC4)oc3C)CC2)cc1C. The first kappa shape index (κ1) is 18.2. The molecule has 2 aromatic rings. The molecule has 144 valence electrons. The molecule has 0 spiro atoms. The number of rotatable bonds is 4. The molecular weight excluding hydrogens is 338 g/mol. The molecule has 0 atom stereocenters. The van der Waals surface area contributed by atoms with Crippen LogP contribution < -0.4 is 0 Å². The van der Waals surface area contributed by atoms with Crippen LogP contribution in [-0.4, -0.2) is 46.9 Å². The third-order valence-corrected chi connectivity index (χ3v) is 6.11. The topological polar surface area (TPSA) is 49.6 Å². The number of hydrogen-bond acceptors (Lipinski definition) is 4. The molecule has 2 aliphatic rings. The molecule has 1 aliphatic carbocycles. The Morgan fingerprint density at radius 2 is 1.85 bits per heavy atom. The molecule has 1 saturated carbocycles. The molecule has 5 nitrogen and oxygen atoms in total. The van der Waals surface area contributed by atoms with E-state index in [9.17, 15) is 4.79 Å². The molecule has 0 bridgehead atoms. The minimum absolute atomic E-state index is 0.0210. The van der Waals surface area contributed by atoms with Gasteiger partial charge in [0.05, 0.1) is 0 Å². The van der Waals surface area contributed by atoms with E-state index in [4.69, 9.17) is 4.42 Å². The Balaban J connectivity index is 1.35. The molecule has 27 heavy (non-hydrogen) atoms. The van der Waals surface area contributed by atoms with Gasteiger partial charge in [0.2, 0.25) is 0 Å². The molecule has 1 aromatic heterocycles. The number of nitrogens with zero attached hydrogens (tertiary/aromatic N) is 3. The summed E-state index contributed by atoms with van der Waals surface area (Å²) in [5.74, 6) is 1.86. The summed E-state index contributed by atoms with van der Waals surface area (Å²) >= 11 is 0. The van der Waals surface area contributed by atoms with E-state index >= 15 is 0 Å². The molecule has 4 rings (SSSR count). The Bertz CT molecular complexity index is 830. The van der Waals surface area contributed by atoms with E-state index in [1.807, 2.05) is 11.8 Å². The van der Waals surface area contributed by atoms with Gasteiger partial charge in [-0.15, -0.1) is 0 Å². The monoisotopic (exact) mass is 367 g/mol. The summed E-state index contributed by atoms with van der Waals surface area (Å²) in [4.78, 5) is 21.8. The maximum Gasteiger partial charge on any atom is 0.276 e. The van der Waals surface area contributed by atoms with Gasteiger partial charge < -0.3 is 9.32 Å². The number of carbonyl (C=O) groups is 1. The van der Waals surface area contributed by atoms with Crippen LogP contribution in [-0.2, 0) is 6.54 Å². The van der Waals surface area contributed by atoms with Crippen LogP contribution in [0.5, 0.6) is 0 Å². The quantitative estimate of drug-likeness (QED) is 0.824. The number of piperazine rings is 1. The van der Waals surface area contributed by atoms with Crippen molar-refractivity contribution in [3.8, 4) is 0 Å². The predicted molar refractivity (Wildman–Crippen MR) is 105 cm³/mol. The normalized spacial score (nSPS) is 18.6. The van der Waals surface area contributed by atoms with Gasteiger partial charge in [0.1, 0.15) is 5.76 Å². The minimum Gasteiger partial charge on any atom is -0.445 e. The highest BCUT2D eigenvalue weighted by Gasteiger charge is 2.30. The lowest BCUT2D eigenvalue weighted by Crippen LogP contribution is -2.48. The van der Waals surface area contributed by atoms with E-state index in [1.165, 1.54) is 23.1 Å². The molecule has 1 aliphatic heterocycles. The van der Waals surface area contributed by atoms with Crippen LogP contribution in [0.4, 0.5) is 0 Å². The standard InChI is InChI=1S/C22H29N3O2/c1-15-7-8-18(13-16(15)2)14-24-9-11-25(12-10-24)22(26)20-17(3)27-21(23-20)19-5-4-6-19/h7-8,13,19H,4-6,9-12,14H2,1-3H3. The lowest BCUT2D eigenvalue weighted by atomic mass is 9.85. The Hall–Kier alpha value is -2.14. The van der Waals surface area contributed by atoms with Gasteiger partial charge in [0.25, 0.3) is 5.91 Å². The Kier molecular flexibility index (Phi) is 5.04. The fourth-order valence-electron chi connectivity index (χ4n) is 3.86. The maximum atomic E-state index is 12.9. The van der Waals surface area contributed by atoms with Gasteiger partial charge in [-0.1, -0.05) is 24.6 Å². The van der Waals surface area contributed by atoms with E-state index in [0.717, 1.165) is 51.5 Å². The molecular formula is C22H29N3O2. The van der Waals surface area contributed by atoms with Crippen molar-refractivity contribution < 1.29 is 9.21 Å². The van der Waals surface area contributed by atoms with Crippen LogP contribution >= 0.6 is 0 Å². The Labute approximate surface area is 161 Å². The molecule has 5 heteroatoms. The molecule has 2 heterocycles. The fourth-order valence-corrected chi connectivity index (χ4v) is 3.86. The minimum atomic E-state index is 0.0210. The zero-order chi connectivity index (χ0) is 19.0. The predicted octanol–water partition coefficient (Wildman–Crippen LogP) is 3.83. The zero-order valence-electron chi connectivity index (χ0n) is 16.6. The average molecular weight is 367 g/mol. The first-order valence-corrected chi connectivity index (χ1v) is 10.1. The Morgan fingerprint density at radius 3 is 2.48 bits per heavy atom. The van der Waals surface area contributed by atoms with E-state index in [0.29, 0.717) is 17.4 Å². The largest absolute Gasteiger partial charge is 0.445 e. The Morgan fingerprint density at radius 1 is 1.11 bits per heavy atom. The van der Waals surface area contributed by atoms with Gasteiger partial charge in [-0.3, -0.25) is 9.69 Å². The second-order valence-corrected chi connectivity index (χ2v) is 8.07. The maximum absolute atomic E-state index is 12.9. The highest BCUT2D eigenvalue weighted by atomic mass is 16.4. The second-order valence-electron chi connectivity index (χ2n) is 8.07. The van der Waals surface area contributed by atoms with Crippen LogP contribution in [0.3, 0.4) is 0 Å². The van der Waals surface area contributed by atoms with Gasteiger partial charge in [0, 0.05) is 38.6 Å². The first-order chi connectivity index (χ1) is 13.0. The summed E-state index contributed by atoms with van der Waals surface area (Å²) in [5.41, 5.74) is 4.53. The molecule has 1 amide bonds. The lowest BCUT2D eigenvalue weighted by Gasteiger charge is -2.34. The third kappa shape index (κ3) is 3.79. The number of hydrogen-bond donors (Lipinski definition) is 0. The molecule has 0 N–H and O–H groups in total. The van der Waals surface area contributed by atoms with E-state index < -0.39 is 0 Å². The van der Waals surface area contributed by atoms with Crippen molar-refractivity contribution >= 4 is 5.91 Å². The van der Waals surface area contributed by atoms with Crippen molar-refractivity contribution in [3.05, 3.63) is 52.2 Å². The van der Waals surface area contributed by atoms with Crippen molar-refractivity contribution in [2.24, 2.45) is 0 Å². The number of aryl methyl sites for hydroxylation is 3. The van der Waals surface area contributed by atoms with Crippen LogP contribution in [0, 0.1) is 20.8 Å². The molecule has 2 fully saturated rings. The molecule has 1 aromatic carbocycles. The zero-order valence-corrected chi connectivity index (χ0v) is 16.6. The van der Waals surface area contributed by atoms with E-state index in [1.54, 1.807) is 0 Å². The summed E-state index contributed by atoms with van der Waals surface area (Å²) in [6.45, 7) is 10.4. The van der Waals surface area contributed by atoms with Crippen molar-refractivity contribution in [1.82, 2.24) is 14.8 Å². The average Bonchev–Trinajstić information content (AvgIpc) is 2.98. The molecule has 1 saturated heterocycles. The van der Waals surface area contributed by atoms with Crippen molar-refractivity contribution in [2.45, 2.75) is 52.5 Å². The van der Waals surface area contributed by atoms with Crippen LogP contribution in [0.15, 0.2) is 22.6 Å². The van der Waals surface area contributed by atoms with Crippen molar-refractivity contribution in [1.29, 1.82) is 0 Å². The summed E-state index contributed by atoms with van der Waals surface area (Å²) in [6.07, 6.45) is 3.49. The summed E-state index contributed by atoms with van der Waals surface area (Å²) in [7, 11) is 0. The van der Waals surface area contributed by atoms with Crippen LogP contribution in [0.2, 0.25) is 0 Å². The number of aromatic nitrogens is 1. The summed E-state index contributed by atoms with van der Waals surface area (Å²) < 4.78 is 5.78. The number of oxazole rings is 1. The van der Waals surface area contributed by atoms with Crippen LogP contribution in [0.25, 0.3) is 0 Å². The van der Waals surface area contributed by atoms with E-state index in [2.05, 4.69) is 41.9 Å². The highest BCUT2D eigenvalue weighted by molar-refractivity contribution is 5.93. The lowest BCUT2D eigenvalue weighted by molar-refractivity contribution is 0.0621. The highest BCUT2D eigenvalue weighted by Crippen LogP contribution is 2.36. The summed E-state index contributed by atoms with van der Waals surface area (Å²) in [5, 5.41) is 0. The molecule has 0 radical (unpaired) electrons. The second kappa shape index (κ2) is 7.47. The fraction of sp³-hybridized carbons (Fsp3) is 0.545. The number of carbonyl (C=O) groups excluding carboxylic acids is 1. The first-order valence-electron chi connectivity index (χ1n) is 10.1. The van der Waals surface area contributed by atoms with E-state index in [-0.39, 0.29) is 5.91 Å². The van der Waals surface area contributed by atoms with Crippen LogP contribution in [0.1, 0.15) is 64.0 Å².